The highest BCUT2D eigenvalue weighted by molar-refractivity contribution is 7.54. The van der Waals surface area contributed by atoms with E-state index in [1.54, 1.807) is 32.6 Å². The third-order valence-corrected chi connectivity index (χ3v) is 7.40. The van der Waals surface area contributed by atoms with Crippen LogP contribution in [-0.2, 0) is 33.8 Å². The van der Waals surface area contributed by atoms with Gasteiger partial charge in [0.15, 0.2) is 0 Å². The van der Waals surface area contributed by atoms with Crippen LogP contribution < -0.4 is 0 Å². The molecule has 0 aliphatic carbocycles. The topological polar surface area (TPSA) is 74.3 Å². The van der Waals surface area contributed by atoms with Gasteiger partial charge in [-0.25, -0.2) is 0 Å². The monoisotopic (exact) mass is 407 g/mol. The van der Waals surface area contributed by atoms with E-state index in [-0.39, 0.29) is 39.0 Å². The van der Waals surface area contributed by atoms with Crippen molar-refractivity contribution in [2.75, 3.05) is 39.0 Å². The number of hydrogen-bond acceptors (Lipinski definition) is 7. The molecule has 150 valence electrons. The Kier molecular flexibility index (Phi) is 10.9. The van der Waals surface area contributed by atoms with Crippen molar-refractivity contribution < 1.29 is 27.2 Å². The van der Waals surface area contributed by atoms with Crippen molar-refractivity contribution >= 4 is 15.2 Å². The second kappa shape index (κ2) is 12.0. The second-order valence-electron chi connectivity index (χ2n) is 5.49. The molecule has 0 N–H and O–H groups in total. The van der Waals surface area contributed by atoms with E-state index in [1.165, 1.54) is 0 Å². The molecule has 0 aromatic heterocycles. The van der Waals surface area contributed by atoms with Crippen LogP contribution in [0.15, 0.2) is 30.3 Å². The Bertz CT molecular complexity index is 546. The maximum Gasteiger partial charge on any atom is 0.344 e. The summed E-state index contributed by atoms with van der Waals surface area (Å²) >= 11 is 0. The summed E-state index contributed by atoms with van der Waals surface area (Å²) in [5.74, 6) is 0. The fraction of sp³-hybridized carbons (Fsp3) is 0.647. The van der Waals surface area contributed by atoms with Gasteiger partial charge in [-0.15, -0.1) is 0 Å². The lowest BCUT2D eigenvalue weighted by molar-refractivity contribution is 0.182. The molecule has 0 aliphatic heterocycles. The van der Waals surface area contributed by atoms with Crippen molar-refractivity contribution in [2.24, 2.45) is 0 Å². The fourth-order valence-corrected chi connectivity index (χ4v) is 6.09. The first-order valence-corrected chi connectivity index (χ1v) is 12.4. The van der Waals surface area contributed by atoms with Gasteiger partial charge in [-0.2, -0.15) is 0 Å². The average Bonchev–Trinajstić information content (AvgIpc) is 2.56. The number of rotatable bonds is 14. The van der Waals surface area contributed by atoms with Crippen LogP contribution in [0, 0.1) is 0 Å². The normalized spacial score (nSPS) is 12.7. The summed E-state index contributed by atoms with van der Waals surface area (Å²) in [6.07, 6.45) is 0.0153. The van der Waals surface area contributed by atoms with Gasteiger partial charge < -0.3 is 18.1 Å². The van der Waals surface area contributed by atoms with E-state index in [0.29, 0.717) is 6.54 Å². The highest BCUT2D eigenvalue weighted by Gasteiger charge is 2.33. The van der Waals surface area contributed by atoms with Crippen LogP contribution in [-0.4, -0.2) is 43.9 Å². The van der Waals surface area contributed by atoms with Gasteiger partial charge in [-0.3, -0.25) is 14.0 Å². The highest BCUT2D eigenvalue weighted by atomic mass is 31.2. The van der Waals surface area contributed by atoms with Crippen molar-refractivity contribution in [3.63, 3.8) is 0 Å². The molecule has 1 aromatic carbocycles. The number of benzene rings is 1. The van der Waals surface area contributed by atoms with Crippen LogP contribution in [0.25, 0.3) is 0 Å². The van der Waals surface area contributed by atoms with Crippen molar-refractivity contribution in [3.8, 4) is 0 Å². The van der Waals surface area contributed by atoms with Gasteiger partial charge >= 0.3 is 15.2 Å². The molecule has 0 amide bonds. The second-order valence-corrected chi connectivity index (χ2v) is 9.53. The van der Waals surface area contributed by atoms with Gasteiger partial charge in [-0.1, -0.05) is 30.3 Å². The molecule has 7 nitrogen and oxygen atoms in total. The molecule has 0 radical (unpaired) electrons. The minimum Gasteiger partial charge on any atom is -0.308 e. The molecular formula is C17H31NO6P2. The molecule has 0 spiro atoms. The van der Waals surface area contributed by atoms with E-state index in [2.05, 4.69) is 0 Å². The molecule has 1 aromatic rings. The van der Waals surface area contributed by atoms with E-state index in [1.807, 2.05) is 30.3 Å². The first-order chi connectivity index (χ1) is 12.4. The summed E-state index contributed by atoms with van der Waals surface area (Å²) in [6, 6.07) is 9.66. The zero-order valence-electron chi connectivity index (χ0n) is 16.1. The maximum absolute atomic E-state index is 13.0. The van der Waals surface area contributed by atoms with Crippen LogP contribution in [0.5, 0.6) is 0 Å². The summed E-state index contributed by atoms with van der Waals surface area (Å²) < 4.78 is 47.5. The third-order valence-electron chi connectivity index (χ3n) is 3.30. The summed E-state index contributed by atoms with van der Waals surface area (Å²) in [4.78, 5) is 1.76. The minimum atomic E-state index is -3.34. The molecule has 0 bridgehead atoms. The van der Waals surface area contributed by atoms with Gasteiger partial charge in [0.05, 0.1) is 26.4 Å². The van der Waals surface area contributed by atoms with Crippen LogP contribution in [0.4, 0.5) is 0 Å². The number of hydrogen-bond donors (Lipinski definition) is 0. The van der Waals surface area contributed by atoms with E-state index in [0.717, 1.165) is 5.56 Å². The molecule has 0 unspecified atom stereocenters. The van der Waals surface area contributed by atoms with Crippen LogP contribution in [0.1, 0.15) is 33.3 Å². The average molecular weight is 407 g/mol. The molecule has 0 heterocycles. The van der Waals surface area contributed by atoms with E-state index >= 15 is 0 Å². The highest BCUT2D eigenvalue weighted by Crippen LogP contribution is 2.53. The first kappa shape index (κ1) is 23.5. The van der Waals surface area contributed by atoms with Crippen molar-refractivity contribution in [2.45, 2.75) is 34.2 Å². The third kappa shape index (κ3) is 8.45. The van der Waals surface area contributed by atoms with E-state index < -0.39 is 15.2 Å². The Balaban J connectivity index is 3.03. The van der Waals surface area contributed by atoms with Crippen LogP contribution in [0.3, 0.4) is 0 Å². The number of nitrogens with zero attached hydrogens (tertiary/aromatic N) is 1. The fourth-order valence-electron chi connectivity index (χ4n) is 2.50. The summed E-state index contributed by atoms with van der Waals surface area (Å²) in [6.45, 7) is 8.55. The van der Waals surface area contributed by atoms with E-state index in [9.17, 15) is 9.13 Å². The van der Waals surface area contributed by atoms with Crippen molar-refractivity contribution in [1.82, 2.24) is 4.90 Å². The van der Waals surface area contributed by atoms with Crippen LogP contribution in [0.2, 0.25) is 0 Å². The van der Waals surface area contributed by atoms with Gasteiger partial charge in [0.25, 0.3) is 0 Å². The predicted octanol–water partition coefficient (Wildman–Crippen LogP) is 4.94. The molecule has 0 aliphatic rings. The lowest BCUT2D eigenvalue weighted by atomic mass is 10.2. The Labute approximate surface area is 157 Å². The molecule has 0 saturated carbocycles. The molecule has 0 fully saturated rings. The summed E-state index contributed by atoms with van der Waals surface area (Å²) in [5, 5.41) is 0. The lowest BCUT2D eigenvalue weighted by Crippen LogP contribution is -2.28. The zero-order valence-corrected chi connectivity index (χ0v) is 17.9. The maximum atomic E-state index is 13.0. The van der Waals surface area contributed by atoms with Crippen LogP contribution >= 0.6 is 15.2 Å². The Morgan fingerprint density at radius 3 is 1.46 bits per heavy atom. The molecule has 1 rings (SSSR count). The van der Waals surface area contributed by atoms with E-state index in [4.69, 9.17) is 18.1 Å². The molecule has 9 heteroatoms. The molecule has 0 saturated heterocycles. The SMILES string of the molecule is CCOP(=O)(CN(Cc1ccccc1)CP(=O)(OCC)OCC)OCC. The van der Waals surface area contributed by atoms with Gasteiger partial charge in [-0.05, 0) is 33.3 Å². The Morgan fingerprint density at radius 2 is 1.12 bits per heavy atom. The van der Waals surface area contributed by atoms with Gasteiger partial charge in [0, 0.05) is 6.54 Å². The summed E-state index contributed by atoms with van der Waals surface area (Å²) in [5.41, 5.74) is 0.992. The quantitative estimate of drug-likeness (QED) is 0.405. The van der Waals surface area contributed by atoms with Gasteiger partial charge in [0.2, 0.25) is 0 Å². The smallest absolute Gasteiger partial charge is 0.308 e. The summed E-state index contributed by atoms with van der Waals surface area (Å²) in [7, 11) is -6.69. The molecule has 26 heavy (non-hydrogen) atoms. The lowest BCUT2D eigenvalue weighted by Gasteiger charge is -2.29. The first-order valence-electron chi connectivity index (χ1n) is 8.92. The standard InChI is InChI=1S/C17H31NO6P2/c1-5-21-25(19,22-6-2)15-18(14-17-12-10-9-11-13-17)16-26(20,23-7-3)24-8-4/h9-13H,5-8,14-16H2,1-4H3. The minimum absolute atomic E-state index is 0.00765. The van der Waals surface area contributed by atoms with Gasteiger partial charge in [0.1, 0.15) is 12.6 Å². The molecule has 0 atom stereocenters. The van der Waals surface area contributed by atoms with Crippen molar-refractivity contribution in [3.05, 3.63) is 35.9 Å². The molecular weight excluding hydrogens is 376 g/mol. The largest absolute Gasteiger partial charge is 0.344 e. The van der Waals surface area contributed by atoms with Crippen molar-refractivity contribution in [1.29, 1.82) is 0 Å². The zero-order chi connectivity index (χ0) is 19.5. The Hall–Kier alpha value is -0.520. The Morgan fingerprint density at radius 1 is 0.731 bits per heavy atom. The predicted molar refractivity (Wildman–Crippen MR) is 103 cm³/mol.